The van der Waals surface area contributed by atoms with E-state index in [0.717, 1.165) is 39.3 Å². The van der Waals surface area contributed by atoms with Crippen LogP contribution in [-0.4, -0.2) is 18.4 Å². The molecule has 0 heterocycles. The number of aliphatic imine (C=N–C) groups is 1. The molecule has 0 atom stereocenters. The fourth-order valence-corrected chi connectivity index (χ4v) is 5.38. The molecule has 0 aromatic heterocycles. The summed E-state index contributed by atoms with van der Waals surface area (Å²) in [5.41, 5.74) is 8.56. The normalized spacial score (nSPS) is 12.1. The van der Waals surface area contributed by atoms with Crippen LogP contribution < -0.4 is 4.74 Å². The van der Waals surface area contributed by atoms with Crippen molar-refractivity contribution in [1.29, 1.82) is 0 Å². The van der Waals surface area contributed by atoms with Crippen LogP contribution in [0.15, 0.2) is 83.9 Å². The number of hydrogen-bond acceptors (Lipinski definition) is 3. The average molecular weight is 702 g/mol. The second kappa shape index (κ2) is 15.1. The maximum absolute atomic E-state index is 11.5. The van der Waals surface area contributed by atoms with Crippen LogP contribution >= 0.6 is 27.9 Å². The second-order valence-electron chi connectivity index (χ2n) is 13.8. The van der Waals surface area contributed by atoms with Crippen molar-refractivity contribution in [3.63, 3.8) is 0 Å². The molecule has 0 saturated carbocycles. The van der Waals surface area contributed by atoms with E-state index in [9.17, 15) is 5.11 Å². The molecule has 1 N–H and O–H groups in total. The van der Waals surface area contributed by atoms with Gasteiger partial charge in [0.2, 0.25) is 0 Å². The first-order chi connectivity index (χ1) is 20.9. The molecule has 0 aliphatic carbocycles. The van der Waals surface area contributed by atoms with Crippen molar-refractivity contribution in [3.8, 4) is 22.6 Å². The van der Waals surface area contributed by atoms with Gasteiger partial charge in [0.15, 0.2) is 0 Å². The van der Waals surface area contributed by atoms with Crippen LogP contribution in [0, 0.1) is 6.92 Å². The van der Waals surface area contributed by atoms with E-state index in [1.807, 2.05) is 42.5 Å². The number of halogens is 3. The quantitative estimate of drug-likeness (QED) is 0.161. The van der Waals surface area contributed by atoms with Crippen molar-refractivity contribution in [2.75, 3.05) is 7.11 Å². The molecule has 0 bridgehead atoms. The van der Waals surface area contributed by atoms with Crippen molar-refractivity contribution >= 4 is 39.8 Å². The molecule has 239 valence electrons. The van der Waals surface area contributed by atoms with Crippen LogP contribution in [0.4, 0.5) is 5.69 Å². The summed E-state index contributed by atoms with van der Waals surface area (Å²) < 4.78 is 6.08. The number of nitrogens with zero attached hydrogens (tertiary/aromatic N) is 1. The van der Waals surface area contributed by atoms with Gasteiger partial charge in [-0.25, -0.2) is 0 Å². The van der Waals surface area contributed by atoms with E-state index in [1.54, 1.807) is 13.3 Å². The van der Waals surface area contributed by atoms with Gasteiger partial charge in [0.05, 0.1) is 12.8 Å². The summed E-state index contributed by atoms with van der Waals surface area (Å²) in [5, 5.41) is 11.5. The van der Waals surface area contributed by atoms with Crippen LogP contribution in [0.1, 0.15) is 88.8 Å². The molecular formula is C38H45Cl3NO2Ti. The van der Waals surface area contributed by atoms with Crippen molar-refractivity contribution in [3.05, 3.63) is 112 Å². The number of phenolic OH excluding ortho intramolecular Hbond substituents is 1. The summed E-state index contributed by atoms with van der Waals surface area (Å²) >= 11 is -1.92. The van der Waals surface area contributed by atoms with E-state index in [1.165, 1.54) is 11.1 Å². The maximum atomic E-state index is 11.5. The van der Waals surface area contributed by atoms with E-state index in [4.69, 9.17) is 37.6 Å². The molecule has 0 spiro atoms. The minimum absolute atomic E-state index is 0.0332. The molecule has 0 aliphatic heterocycles. The Morgan fingerprint density at radius 2 is 1.29 bits per heavy atom. The van der Waals surface area contributed by atoms with Gasteiger partial charge in [0.1, 0.15) is 11.5 Å². The number of phenols is 1. The monoisotopic (exact) mass is 700 g/mol. The van der Waals surface area contributed by atoms with Crippen LogP contribution in [0.2, 0.25) is 0 Å². The number of aryl methyl sites for hydroxylation is 1. The van der Waals surface area contributed by atoms with E-state index < -0.39 is 14.7 Å². The predicted octanol–water partition coefficient (Wildman–Crippen LogP) is 12.1. The van der Waals surface area contributed by atoms with E-state index >= 15 is 0 Å². The van der Waals surface area contributed by atoms with Gasteiger partial charge in [0, 0.05) is 39.4 Å². The third-order valence-corrected chi connectivity index (χ3v) is 7.96. The van der Waals surface area contributed by atoms with Crippen LogP contribution in [0.25, 0.3) is 11.1 Å². The Kier molecular flexibility index (Phi) is 12.5. The van der Waals surface area contributed by atoms with Crippen molar-refractivity contribution in [2.24, 2.45) is 4.99 Å². The van der Waals surface area contributed by atoms with Crippen LogP contribution in [-0.2, 0) is 30.9 Å². The van der Waals surface area contributed by atoms with E-state index in [-0.39, 0.29) is 22.0 Å². The summed E-state index contributed by atoms with van der Waals surface area (Å²) in [6.07, 6.45) is 1.79. The van der Waals surface area contributed by atoms with Crippen molar-refractivity contribution < 1.29 is 24.5 Å². The topological polar surface area (TPSA) is 41.8 Å². The Morgan fingerprint density at radius 1 is 0.711 bits per heavy atom. The molecule has 0 fully saturated rings. The zero-order valence-electron chi connectivity index (χ0n) is 28.0. The number of para-hydroxylation sites is 1. The van der Waals surface area contributed by atoms with E-state index in [2.05, 4.69) is 98.7 Å². The Hall–Kier alpha value is -2.27. The van der Waals surface area contributed by atoms with Gasteiger partial charge in [-0.05, 0) is 52.6 Å². The SMILES string of the molecule is COc1c(-c2ccccc2N=Cc2cc(C)cc(C(C)(C)c3ccccc3)c2O)cc(C(C)(C)C)cc1C(C)(C)C.[Cl][Ti]([Cl])[Cl]. The molecule has 45 heavy (non-hydrogen) atoms. The predicted molar refractivity (Wildman–Crippen MR) is 192 cm³/mol. The number of benzene rings is 4. The first-order valence-corrected chi connectivity index (χ1v) is 21.4. The summed E-state index contributed by atoms with van der Waals surface area (Å²) in [6.45, 7) is 19.7. The van der Waals surface area contributed by atoms with Crippen molar-refractivity contribution in [2.45, 2.75) is 78.6 Å². The van der Waals surface area contributed by atoms with Crippen LogP contribution in [0.5, 0.6) is 11.5 Å². The van der Waals surface area contributed by atoms with Gasteiger partial charge in [-0.2, -0.15) is 0 Å². The van der Waals surface area contributed by atoms with Gasteiger partial charge in [-0.15, -0.1) is 0 Å². The molecule has 4 aromatic carbocycles. The zero-order valence-corrected chi connectivity index (χ0v) is 31.8. The number of hydrogen-bond donors (Lipinski definition) is 1. The number of aromatic hydroxyl groups is 1. The second-order valence-corrected chi connectivity index (χ2v) is 21.6. The summed E-state index contributed by atoms with van der Waals surface area (Å²) in [4.78, 5) is 4.97. The Bertz CT molecular complexity index is 1630. The molecule has 4 rings (SSSR count). The molecule has 0 amide bonds. The Labute approximate surface area is 288 Å². The molecule has 3 nitrogen and oxygen atoms in total. The molecule has 0 saturated heterocycles. The van der Waals surface area contributed by atoms with Crippen LogP contribution in [0.3, 0.4) is 0 Å². The molecular weight excluding hydrogens is 657 g/mol. The Morgan fingerprint density at radius 3 is 1.84 bits per heavy atom. The average Bonchev–Trinajstić information content (AvgIpc) is 2.96. The summed E-state index contributed by atoms with van der Waals surface area (Å²) in [6, 6.07) is 27.1. The standard InChI is InChI=1S/C38H45NO2.3ClH.Ti/c1-25-20-26(34(40)31(21-25)38(8,9)27-16-12-11-13-17-27)24-39-33-19-15-14-18-29(33)30-22-28(36(2,3)4)23-32(35(30)41-10)37(5,6)7;;;;/h11-24,40H,1-10H3;3*1H;/q;;;;+3/p-3. The van der Waals surface area contributed by atoms with Gasteiger partial charge in [0.25, 0.3) is 0 Å². The fourth-order valence-electron chi connectivity index (χ4n) is 5.38. The van der Waals surface area contributed by atoms with Gasteiger partial charge < -0.3 is 9.84 Å². The van der Waals surface area contributed by atoms with Gasteiger partial charge in [-0.3, -0.25) is 4.99 Å². The number of methoxy groups -OCH3 is 1. The first-order valence-electron chi connectivity index (χ1n) is 15.0. The zero-order chi connectivity index (χ0) is 33.7. The third-order valence-electron chi connectivity index (χ3n) is 7.96. The Balaban J connectivity index is 0.00000130. The number of ether oxygens (including phenoxy) is 1. The molecule has 7 heteroatoms. The minimum atomic E-state index is -1.92. The molecule has 0 unspecified atom stereocenters. The fraction of sp³-hybridized carbons (Fsp3) is 0.342. The van der Waals surface area contributed by atoms with Gasteiger partial charge in [-0.1, -0.05) is 116 Å². The molecule has 0 aliphatic rings. The van der Waals surface area contributed by atoms with E-state index in [0.29, 0.717) is 5.56 Å². The van der Waals surface area contributed by atoms with Gasteiger partial charge >= 0.3 is 42.6 Å². The molecule has 4 aromatic rings. The number of rotatable bonds is 6. The summed E-state index contributed by atoms with van der Waals surface area (Å²) in [5.74, 6) is 1.13. The third kappa shape index (κ3) is 9.40. The van der Waals surface area contributed by atoms with Crippen molar-refractivity contribution in [1.82, 2.24) is 0 Å². The first kappa shape index (κ1) is 37.2. The summed E-state index contributed by atoms with van der Waals surface area (Å²) in [7, 11) is 16.7. The molecule has 0 radical (unpaired) electrons.